The Morgan fingerprint density at radius 1 is 0.714 bits per heavy atom. The Labute approximate surface area is 470 Å². The van der Waals surface area contributed by atoms with Crippen molar-refractivity contribution in [1.82, 2.24) is 10.6 Å². The molecule has 0 aromatic heterocycles. The summed E-state index contributed by atoms with van der Waals surface area (Å²) in [5, 5.41) is 13.6. The fourth-order valence-corrected chi connectivity index (χ4v) is 8.05. The van der Waals surface area contributed by atoms with Crippen LogP contribution in [0.4, 0.5) is 11.4 Å². The van der Waals surface area contributed by atoms with Gasteiger partial charge in [0.2, 0.25) is 0 Å². The molecule has 3 aromatic rings. The van der Waals surface area contributed by atoms with Crippen LogP contribution in [0.5, 0.6) is 0 Å². The molecule has 2 atom stereocenters. The van der Waals surface area contributed by atoms with Crippen molar-refractivity contribution in [2.45, 2.75) is 136 Å². The molecule has 2 unspecified atom stereocenters. The van der Waals surface area contributed by atoms with Crippen LogP contribution in [0.3, 0.4) is 0 Å². The van der Waals surface area contributed by atoms with E-state index in [1.165, 1.54) is 51.7 Å². The molecule has 0 spiro atoms. The Kier molecular flexibility index (Phi) is 30.9. The molecular weight excluding hydrogens is 935 g/mol. The van der Waals surface area contributed by atoms with Crippen LogP contribution in [-0.2, 0) is 6.42 Å². The van der Waals surface area contributed by atoms with Crippen LogP contribution in [0.15, 0.2) is 248 Å². The van der Waals surface area contributed by atoms with Gasteiger partial charge in [-0.05, 0) is 186 Å². The summed E-state index contributed by atoms with van der Waals surface area (Å²) in [5.41, 5.74) is 24.9. The zero-order chi connectivity index (χ0) is 58.3. The van der Waals surface area contributed by atoms with Crippen LogP contribution in [0.1, 0.15) is 145 Å². The van der Waals surface area contributed by atoms with Crippen molar-refractivity contribution in [1.29, 1.82) is 0 Å². The van der Waals surface area contributed by atoms with Crippen molar-refractivity contribution in [2.75, 3.05) is 10.6 Å². The Morgan fingerprint density at radius 2 is 1.30 bits per heavy atom. The number of nitrogens with one attached hydrogen (secondary N) is 4. The van der Waals surface area contributed by atoms with Crippen LogP contribution in [0, 0.1) is 29.6 Å². The quantitative estimate of drug-likeness (QED) is 0.0611. The summed E-state index contributed by atoms with van der Waals surface area (Å²) < 4.78 is 0. The van der Waals surface area contributed by atoms with E-state index < -0.39 is 0 Å². The SMILES string of the molecule is C=C(CC1CC(C(C)(C)C)=CC1C)Nc1ccc(Cc2cccc(C(=C)Nc3ccc(C)cc3)c2)cc1.C=C/C(=C\C=C(C)C)NC1=CCC(C(C)(C)C)=C1.C=C/C(=C\C=C/C)NC(=C)/C(C=C(C)C)=C/C.C=CN.CC. The first-order chi connectivity index (χ1) is 36.3. The summed E-state index contributed by atoms with van der Waals surface area (Å²) >= 11 is 0. The lowest BCUT2D eigenvalue weighted by Crippen LogP contribution is -2.12. The minimum Gasteiger partial charge on any atom is -0.405 e. The molecule has 0 aliphatic heterocycles. The van der Waals surface area contributed by atoms with E-state index in [-0.39, 0.29) is 10.8 Å². The number of hydrogen-bond acceptors (Lipinski definition) is 5. The molecule has 2 aliphatic carbocycles. The molecule has 0 bridgehead atoms. The third-order valence-corrected chi connectivity index (χ3v) is 12.5. The van der Waals surface area contributed by atoms with Crippen molar-refractivity contribution in [2.24, 2.45) is 28.4 Å². The Hall–Kier alpha value is -7.24. The lowest BCUT2D eigenvalue weighted by Gasteiger charge is -2.22. The molecule has 0 saturated carbocycles. The third kappa shape index (κ3) is 26.9. The second-order valence-corrected chi connectivity index (χ2v) is 21.9. The van der Waals surface area contributed by atoms with Crippen molar-refractivity contribution in [3.05, 3.63) is 270 Å². The second kappa shape index (κ2) is 35.2. The first-order valence-electron chi connectivity index (χ1n) is 27.4. The molecule has 6 N–H and O–H groups in total. The lowest BCUT2D eigenvalue weighted by molar-refractivity contribution is 0.417. The zero-order valence-corrected chi connectivity index (χ0v) is 50.7. The van der Waals surface area contributed by atoms with Gasteiger partial charge in [0.1, 0.15) is 0 Å². The maximum absolute atomic E-state index is 4.61. The summed E-state index contributed by atoms with van der Waals surface area (Å²) in [4.78, 5) is 0. The topological polar surface area (TPSA) is 74.1 Å². The first kappa shape index (κ1) is 67.8. The fourth-order valence-electron chi connectivity index (χ4n) is 8.05. The molecule has 0 radical (unpaired) electrons. The molecule has 0 heterocycles. The van der Waals surface area contributed by atoms with Crippen LogP contribution in [-0.4, -0.2) is 0 Å². The van der Waals surface area contributed by atoms with Crippen molar-refractivity contribution in [3.63, 3.8) is 0 Å². The first-order valence-corrected chi connectivity index (χ1v) is 27.4. The van der Waals surface area contributed by atoms with Crippen molar-refractivity contribution < 1.29 is 0 Å². The molecule has 3 aromatic carbocycles. The predicted octanol–water partition coefficient (Wildman–Crippen LogP) is 20.2. The van der Waals surface area contributed by atoms with E-state index >= 15 is 0 Å². The van der Waals surface area contributed by atoms with Gasteiger partial charge in [0, 0.05) is 45.6 Å². The molecule has 5 nitrogen and oxygen atoms in total. The second-order valence-electron chi connectivity index (χ2n) is 21.9. The van der Waals surface area contributed by atoms with E-state index in [4.69, 9.17) is 0 Å². The molecule has 5 rings (SSSR count). The van der Waals surface area contributed by atoms with E-state index in [1.807, 2.05) is 58.1 Å². The Bertz CT molecular complexity index is 2670. The molecule has 414 valence electrons. The van der Waals surface area contributed by atoms with Gasteiger partial charge in [-0.25, -0.2) is 0 Å². The summed E-state index contributed by atoms with van der Waals surface area (Å²) in [5.74, 6) is 1.24. The van der Waals surface area contributed by atoms with Crippen LogP contribution in [0.2, 0.25) is 0 Å². The van der Waals surface area contributed by atoms with E-state index in [2.05, 4.69) is 259 Å². The highest BCUT2D eigenvalue weighted by Gasteiger charge is 2.30. The smallest absolute Gasteiger partial charge is 0.0384 e. The van der Waals surface area contributed by atoms with E-state index in [9.17, 15) is 0 Å². The number of benzene rings is 3. The fraction of sp³-hybridized carbons (Fsp3) is 0.333. The summed E-state index contributed by atoms with van der Waals surface area (Å²) in [6, 6.07) is 25.7. The monoisotopic (exact) mass is 1040 g/mol. The highest BCUT2D eigenvalue weighted by Crippen LogP contribution is 2.42. The summed E-state index contributed by atoms with van der Waals surface area (Å²) in [6.45, 7) is 57.8. The third-order valence-electron chi connectivity index (χ3n) is 12.5. The number of aryl methyl sites for hydroxylation is 1. The van der Waals surface area contributed by atoms with Crippen LogP contribution >= 0.6 is 0 Å². The van der Waals surface area contributed by atoms with Gasteiger partial charge in [0.05, 0.1) is 0 Å². The van der Waals surface area contributed by atoms with Gasteiger partial charge in [-0.2, -0.15) is 0 Å². The van der Waals surface area contributed by atoms with Crippen molar-refractivity contribution >= 4 is 17.1 Å². The predicted molar refractivity (Wildman–Crippen MR) is 347 cm³/mol. The number of rotatable bonds is 19. The minimum absolute atomic E-state index is 0.248. The van der Waals surface area contributed by atoms with E-state index in [0.29, 0.717) is 11.8 Å². The minimum atomic E-state index is 0.248. The summed E-state index contributed by atoms with van der Waals surface area (Å²) in [6.07, 6.45) is 30.2. The van der Waals surface area contributed by atoms with Gasteiger partial charge in [-0.1, -0.05) is 215 Å². The van der Waals surface area contributed by atoms with Gasteiger partial charge in [-0.15, -0.1) is 0 Å². The molecule has 0 amide bonds. The standard InChI is InChI=1S/C35H42N2.C17H25N.C16H23N.C2H5N.C2H6/c1-24-11-15-34(16-12-24)37-27(4)30-10-8-9-29(22-30)21-28-13-17-33(18-14-28)36-26(3)20-31-23-32(19-25(31)2)35(5,6)7;1-7-15(10-8-13(2)3)18-16-11-9-14(12-16)17(4,5)6;1-7-10-11-16(9-3)17-14(6)15(8-2)12-13(4)5;1-2-3;1-2/h8-19,22,25,31,36-37H,3-4,20-21,23H2,1-2,5-7H3;7-8,10-12,18H,1,9H2,2-6H3;7-12,17H,3,6H2,1-2,4-5H3;2H,1,3H2;1-2H3/b;15-10+;10-7-,15-8+,16-11+;;. The number of hydrogen-bond donors (Lipinski definition) is 5. The largest absolute Gasteiger partial charge is 0.405 e. The van der Waals surface area contributed by atoms with E-state index in [0.717, 1.165) is 70.3 Å². The zero-order valence-electron chi connectivity index (χ0n) is 50.7. The van der Waals surface area contributed by atoms with Gasteiger partial charge in [0.25, 0.3) is 0 Å². The molecule has 77 heavy (non-hydrogen) atoms. The number of nitrogens with two attached hydrogens (primary N) is 1. The summed E-state index contributed by atoms with van der Waals surface area (Å²) in [7, 11) is 0. The average molecular weight is 1040 g/mol. The van der Waals surface area contributed by atoms with Gasteiger partial charge >= 0.3 is 0 Å². The molecule has 0 saturated heterocycles. The molecular formula is C72H101N5. The normalized spacial score (nSPS) is 15.0. The highest BCUT2D eigenvalue weighted by atomic mass is 14.9. The average Bonchev–Trinajstić information content (AvgIpc) is 4.02. The van der Waals surface area contributed by atoms with Gasteiger partial charge < -0.3 is 27.0 Å². The molecule has 0 fully saturated rings. The maximum atomic E-state index is 4.61. The Morgan fingerprint density at radius 3 is 1.81 bits per heavy atom. The molecule has 5 heteroatoms. The number of anilines is 2. The Balaban J connectivity index is 0.000000621. The van der Waals surface area contributed by atoms with Gasteiger partial charge in [0.15, 0.2) is 0 Å². The van der Waals surface area contributed by atoms with Gasteiger partial charge in [-0.3, -0.25) is 0 Å². The van der Waals surface area contributed by atoms with Crippen molar-refractivity contribution in [3.8, 4) is 0 Å². The van der Waals surface area contributed by atoms with Crippen LogP contribution in [0.25, 0.3) is 5.70 Å². The van der Waals surface area contributed by atoms with Crippen LogP contribution < -0.4 is 27.0 Å². The number of allylic oxidation sites excluding steroid dienone is 17. The lowest BCUT2D eigenvalue weighted by atomic mass is 9.84. The highest BCUT2D eigenvalue weighted by molar-refractivity contribution is 5.75. The maximum Gasteiger partial charge on any atom is 0.0384 e. The molecule has 2 aliphatic rings. The van der Waals surface area contributed by atoms with E-state index in [1.54, 1.807) is 11.6 Å².